The summed E-state index contributed by atoms with van der Waals surface area (Å²) >= 11 is 0. The fraction of sp³-hybridized carbons (Fsp3) is 0.647. The van der Waals surface area contributed by atoms with Crippen molar-refractivity contribution in [2.24, 2.45) is 0 Å². The molecule has 3 heteroatoms. The molecular weight excluding hydrogens is 248 g/mol. The fourth-order valence-corrected chi connectivity index (χ4v) is 3.36. The van der Waals surface area contributed by atoms with Gasteiger partial charge in [0.15, 0.2) is 0 Å². The molecule has 0 aromatic heterocycles. The second kappa shape index (κ2) is 6.15. The third-order valence-electron chi connectivity index (χ3n) is 4.59. The van der Waals surface area contributed by atoms with Crippen molar-refractivity contribution in [2.45, 2.75) is 57.9 Å². The van der Waals surface area contributed by atoms with Gasteiger partial charge < -0.3 is 15.0 Å². The van der Waals surface area contributed by atoms with Crippen molar-refractivity contribution < 1.29 is 4.74 Å². The normalized spacial score (nSPS) is 30.1. The van der Waals surface area contributed by atoms with Gasteiger partial charge >= 0.3 is 0 Å². The van der Waals surface area contributed by atoms with Crippen LogP contribution in [-0.2, 0) is 11.3 Å². The summed E-state index contributed by atoms with van der Waals surface area (Å²) in [6, 6.07) is 9.36. The number of nitrogens with zero attached hydrogens (tertiary/aromatic N) is 1. The zero-order valence-electron chi connectivity index (χ0n) is 12.6. The number of nitrogens with one attached hydrogen (secondary N) is 1. The van der Waals surface area contributed by atoms with Gasteiger partial charge in [0.2, 0.25) is 0 Å². The van der Waals surface area contributed by atoms with Crippen LogP contribution >= 0.6 is 0 Å². The van der Waals surface area contributed by atoms with Crippen LogP contribution in [0.4, 0.5) is 5.69 Å². The third-order valence-corrected chi connectivity index (χ3v) is 4.59. The number of ether oxygens (including phenoxy) is 1. The lowest BCUT2D eigenvalue weighted by Crippen LogP contribution is -2.41. The first-order valence-corrected chi connectivity index (χ1v) is 7.98. The Morgan fingerprint density at radius 1 is 1.30 bits per heavy atom. The SMILES string of the molecule is CCC1CN(CC2CCC(C)O2)c2ccccc2CN1. The van der Waals surface area contributed by atoms with Gasteiger partial charge in [0.25, 0.3) is 0 Å². The summed E-state index contributed by atoms with van der Waals surface area (Å²) in [5, 5.41) is 3.67. The quantitative estimate of drug-likeness (QED) is 0.917. The highest BCUT2D eigenvalue weighted by Crippen LogP contribution is 2.27. The van der Waals surface area contributed by atoms with Gasteiger partial charge in [-0.15, -0.1) is 0 Å². The van der Waals surface area contributed by atoms with Crippen molar-refractivity contribution in [1.82, 2.24) is 5.32 Å². The third kappa shape index (κ3) is 2.99. The molecule has 3 unspecified atom stereocenters. The summed E-state index contributed by atoms with van der Waals surface area (Å²) < 4.78 is 6.03. The van der Waals surface area contributed by atoms with Crippen molar-refractivity contribution in [1.29, 1.82) is 0 Å². The molecule has 0 bridgehead atoms. The standard InChI is InChI=1S/C17H26N2O/c1-3-15-11-19(12-16-9-8-13(2)20-16)17-7-5-4-6-14(17)10-18-15/h4-7,13,15-16,18H,3,8-12H2,1-2H3. The minimum atomic E-state index is 0.397. The fourth-order valence-electron chi connectivity index (χ4n) is 3.36. The number of fused-ring (bicyclic) bond motifs is 1. The predicted octanol–water partition coefficient (Wildman–Crippen LogP) is 2.94. The van der Waals surface area contributed by atoms with E-state index in [0.29, 0.717) is 18.2 Å². The van der Waals surface area contributed by atoms with E-state index in [4.69, 9.17) is 4.74 Å². The summed E-state index contributed by atoms with van der Waals surface area (Å²) in [4.78, 5) is 2.53. The first kappa shape index (κ1) is 13.9. The van der Waals surface area contributed by atoms with Crippen LogP contribution in [0.25, 0.3) is 0 Å². The van der Waals surface area contributed by atoms with E-state index >= 15 is 0 Å². The maximum Gasteiger partial charge on any atom is 0.0754 e. The van der Waals surface area contributed by atoms with E-state index in [1.54, 1.807) is 0 Å². The Morgan fingerprint density at radius 2 is 2.15 bits per heavy atom. The van der Waals surface area contributed by atoms with Crippen LogP contribution in [-0.4, -0.2) is 31.3 Å². The Morgan fingerprint density at radius 3 is 2.90 bits per heavy atom. The molecule has 0 saturated carbocycles. The van der Waals surface area contributed by atoms with Gasteiger partial charge in [0, 0.05) is 31.4 Å². The number of hydrogen-bond acceptors (Lipinski definition) is 3. The molecule has 1 fully saturated rings. The molecule has 3 nitrogen and oxygen atoms in total. The van der Waals surface area contributed by atoms with Crippen LogP contribution < -0.4 is 10.2 Å². The molecule has 20 heavy (non-hydrogen) atoms. The molecule has 1 N–H and O–H groups in total. The summed E-state index contributed by atoms with van der Waals surface area (Å²) in [7, 11) is 0. The summed E-state index contributed by atoms with van der Waals surface area (Å²) in [5.74, 6) is 0. The second-order valence-electron chi connectivity index (χ2n) is 6.17. The minimum Gasteiger partial charge on any atom is -0.373 e. The van der Waals surface area contributed by atoms with Crippen molar-refractivity contribution in [3.05, 3.63) is 29.8 Å². The number of anilines is 1. The molecule has 2 aliphatic heterocycles. The van der Waals surface area contributed by atoms with Gasteiger partial charge in [-0.25, -0.2) is 0 Å². The molecule has 0 amide bonds. The van der Waals surface area contributed by atoms with E-state index in [0.717, 1.165) is 19.6 Å². The van der Waals surface area contributed by atoms with Gasteiger partial charge in [-0.1, -0.05) is 25.1 Å². The van der Waals surface area contributed by atoms with Crippen LogP contribution in [0.1, 0.15) is 38.7 Å². The minimum absolute atomic E-state index is 0.397. The van der Waals surface area contributed by atoms with Gasteiger partial charge in [-0.3, -0.25) is 0 Å². The number of benzene rings is 1. The molecule has 0 spiro atoms. The van der Waals surface area contributed by atoms with E-state index in [1.807, 2.05) is 0 Å². The average molecular weight is 274 g/mol. The largest absolute Gasteiger partial charge is 0.373 e. The monoisotopic (exact) mass is 274 g/mol. The zero-order valence-corrected chi connectivity index (χ0v) is 12.6. The van der Waals surface area contributed by atoms with E-state index in [2.05, 4.69) is 48.3 Å². The lowest BCUT2D eigenvalue weighted by Gasteiger charge is -2.29. The predicted molar refractivity (Wildman–Crippen MR) is 83.1 cm³/mol. The lowest BCUT2D eigenvalue weighted by molar-refractivity contribution is 0.0598. The smallest absolute Gasteiger partial charge is 0.0754 e. The van der Waals surface area contributed by atoms with Crippen LogP contribution in [0, 0.1) is 0 Å². The van der Waals surface area contributed by atoms with Crippen molar-refractivity contribution in [2.75, 3.05) is 18.0 Å². The van der Waals surface area contributed by atoms with Gasteiger partial charge in [0.1, 0.15) is 0 Å². The topological polar surface area (TPSA) is 24.5 Å². The van der Waals surface area contributed by atoms with Gasteiger partial charge in [-0.2, -0.15) is 0 Å². The highest BCUT2D eigenvalue weighted by atomic mass is 16.5. The van der Waals surface area contributed by atoms with Crippen molar-refractivity contribution in [3.63, 3.8) is 0 Å². The summed E-state index contributed by atoms with van der Waals surface area (Å²) in [6.07, 6.45) is 4.41. The molecule has 3 atom stereocenters. The van der Waals surface area contributed by atoms with Crippen LogP contribution in [0.2, 0.25) is 0 Å². The Kier molecular flexibility index (Phi) is 4.27. The van der Waals surface area contributed by atoms with Gasteiger partial charge in [0.05, 0.1) is 12.2 Å². The molecule has 0 aliphatic carbocycles. The zero-order chi connectivity index (χ0) is 13.9. The van der Waals surface area contributed by atoms with Crippen molar-refractivity contribution in [3.8, 4) is 0 Å². The molecule has 1 aromatic rings. The molecular formula is C17H26N2O. The lowest BCUT2D eigenvalue weighted by atomic mass is 10.1. The Hall–Kier alpha value is -1.06. The molecule has 3 rings (SSSR count). The van der Waals surface area contributed by atoms with Gasteiger partial charge in [-0.05, 0) is 37.8 Å². The summed E-state index contributed by atoms with van der Waals surface area (Å²) in [5.41, 5.74) is 2.80. The average Bonchev–Trinajstić information content (AvgIpc) is 2.79. The highest BCUT2D eigenvalue weighted by Gasteiger charge is 2.27. The Bertz CT molecular complexity index is 448. The van der Waals surface area contributed by atoms with E-state index in [1.165, 1.54) is 30.5 Å². The summed E-state index contributed by atoms with van der Waals surface area (Å²) in [6.45, 7) is 7.54. The Labute approximate surface area is 122 Å². The number of rotatable bonds is 3. The van der Waals surface area contributed by atoms with Crippen molar-refractivity contribution >= 4 is 5.69 Å². The molecule has 2 aliphatic rings. The van der Waals surface area contributed by atoms with Crippen LogP contribution in [0.5, 0.6) is 0 Å². The second-order valence-corrected chi connectivity index (χ2v) is 6.17. The maximum atomic E-state index is 6.03. The van der Waals surface area contributed by atoms with Crippen LogP contribution in [0.15, 0.2) is 24.3 Å². The molecule has 1 saturated heterocycles. The number of hydrogen-bond donors (Lipinski definition) is 1. The highest BCUT2D eigenvalue weighted by molar-refractivity contribution is 5.54. The molecule has 0 radical (unpaired) electrons. The number of para-hydroxylation sites is 1. The van der Waals surface area contributed by atoms with Crippen LogP contribution in [0.3, 0.4) is 0 Å². The Balaban J connectivity index is 1.78. The van der Waals surface area contributed by atoms with E-state index < -0.39 is 0 Å². The maximum absolute atomic E-state index is 6.03. The van der Waals surface area contributed by atoms with E-state index in [-0.39, 0.29) is 0 Å². The van der Waals surface area contributed by atoms with E-state index in [9.17, 15) is 0 Å². The molecule has 110 valence electrons. The molecule has 2 heterocycles. The molecule has 1 aromatic carbocycles. The first-order chi connectivity index (χ1) is 9.76. The first-order valence-electron chi connectivity index (χ1n) is 7.98.